The van der Waals surface area contributed by atoms with Gasteiger partial charge in [0.15, 0.2) is 0 Å². The van der Waals surface area contributed by atoms with E-state index in [1.807, 2.05) is 0 Å². The second-order valence-corrected chi connectivity index (χ2v) is 5.74. The van der Waals surface area contributed by atoms with E-state index in [4.69, 9.17) is 0 Å². The second kappa shape index (κ2) is 6.04. The third kappa shape index (κ3) is 3.43. The van der Waals surface area contributed by atoms with E-state index in [-0.39, 0.29) is 12.4 Å². The van der Waals surface area contributed by atoms with E-state index in [1.54, 1.807) is 5.38 Å². The smallest absolute Gasteiger partial charge is 0.358 e. The molecular weight excluding hydrogens is 345 g/mol. The maximum Gasteiger partial charge on any atom is 0.416 e. The lowest BCUT2D eigenvalue weighted by Gasteiger charge is -2.06. The van der Waals surface area contributed by atoms with Crippen LogP contribution in [0.2, 0.25) is 0 Å². The number of hydrogen-bond acceptors (Lipinski definition) is 5. The zero-order chi connectivity index (χ0) is 17.3. The summed E-state index contributed by atoms with van der Waals surface area (Å²) in [4.78, 5) is 18.0. The molecule has 3 aromatic rings. The molecule has 124 valence electrons. The summed E-state index contributed by atoms with van der Waals surface area (Å²) in [5.41, 5.74) is 0.506. The zero-order valence-corrected chi connectivity index (χ0v) is 12.7. The van der Waals surface area contributed by atoms with Crippen LogP contribution < -0.4 is 0 Å². The van der Waals surface area contributed by atoms with Crippen LogP contribution >= 0.6 is 11.3 Å². The molecule has 0 saturated carbocycles. The summed E-state index contributed by atoms with van der Waals surface area (Å²) < 4.78 is 39.2. The summed E-state index contributed by atoms with van der Waals surface area (Å²) >= 11 is 1.29. The summed E-state index contributed by atoms with van der Waals surface area (Å²) in [5.74, 6) is -0.256. The van der Waals surface area contributed by atoms with Gasteiger partial charge in [-0.05, 0) is 22.0 Å². The van der Waals surface area contributed by atoms with Crippen molar-refractivity contribution < 1.29 is 18.1 Å². The first-order chi connectivity index (χ1) is 11.3. The highest BCUT2D eigenvalue weighted by Gasteiger charge is 2.30. The van der Waals surface area contributed by atoms with Crippen molar-refractivity contribution in [3.63, 3.8) is 0 Å². The molecule has 0 amide bonds. The lowest BCUT2D eigenvalue weighted by Crippen LogP contribution is -2.04. The minimum absolute atomic E-state index is 0.256. The Morgan fingerprint density at radius 2 is 1.96 bits per heavy atom. The molecule has 0 fully saturated rings. The van der Waals surface area contributed by atoms with Crippen molar-refractivity contribution >= 4 is 17.2 Å². The average molecular weight is 354 g/mol. The SMILES string of the molecule is O=[N+]([O-])c1cn(Cc2csc(-c3ccc(C(F)(F)F)cc3)n2)cn1. The first-order valence-corrected chi connectivity index (χ1v) is 7.49. The quantitative estimate of drug-likeness (QED) is 0.525. The monoisotopic (exact) mass is 354 g/mol. The lowest BCUT2D eigenvalue weighted by atomic mass is 10.1. The van der Waals surface area contributed by atoms with Crippen LogP contribution in [0.4, 0.5) is 19.0 Å². The Kier molecular flexibility index (Phi) is 4.06. The van der Waals surface area contributed by atoms with Crippen molar-refractivity contribution in [2.75, 3.05) is 0 Å². The molecule has 0 aliphatic rings. The summed E-state index contributed by atoms with van der Waals surface area (Å²) in [7, 11) is 0. The van der Waals surface area contributed by atoms with E-state index in [9.17, 15) is 23.3 Å². The van der Waals surface area contributed by atoms with Crippen LogP contribution in [0.3, 0.4) is 0 Å². The highest BCUT2D eigenvalue weighted by molar-refractivity contribution is 7.13. The van der Waals surface area contributed by atoms with Crippen LogP contribution in [0, 0.1) is 10.1 Å². The van der Waals surface area contributed by atoms with Crippen LogP contribution in [0.1, 0.15) is 11.3 Å². The summed E-state index contributed by atoms with van der Waals surface area (Å²) in [6, 6.07) is 4.76. The maximum atomic E-state index is 12.6. The van der Waals surface area contributed by atoms with Gasteiger partial charge in [0.05, 0.1) is 17.8 Å². The molecule has 0 saturated heterocycles. The zero-order valence-electron chi connectivity index (χ0n) is 11.9. The molecule has 0 unspecified atom stereocenters. The van der Waals surface area contributed by atoms with E-state index in [1.165, 1.54) is 40.6 Å². The van der Waals surface area contributed by atoms with Crippen molar-refractivity contribution in [1.82, 2.24) is 14.5 Å². The minimum Gasteiger partial charge on any atom is -0.358 e. The topological polar surface area (TPSA) is 73.8 Å². The molecule has 0 bridgehead atoms. The number of rotatable bonds is 4. The number of nitro groups is 1. The predicted octanol–water partition coefficient (Wildman–Crippen LogP) is 3.98. The van der Waals surface area contributed by atoms with E-state index in [0.29, 0.717) is 16.3 Å². The molecule has 0 atom stereocenters. The predicted molar refractivity (Wildman–Crippen MR) is 80.5 cm³/mol. The van der Waals surface area contributed by atoms with Gasteiger partial charge in [-0.3, -0.25) is 0 Å². The molecule has 6 nitrogen and oxygen atoms in total. The number of alkyl halides is 3. The van der Waals surface area contributed by atoms with Gasteiger partial charge in [-0.2, -0.15) is 13.2 Å². The summed E-state index contributed by atoms with van der Waals surface area (Å²) in [6.07, 6.45) is -1.75. The van der Waals surface area contributed by atoms with Crippen LogP contribution in [-0.2, 0) is 12.7 Å². The van der Waals surface area contributed by atoms with Crippen LogP contribution in [0.5, 0.6) is 0 Å². The molecule has 0 aliphatic carbocycles. The van der Waals surface area contributed by atoms with Gasteiger partial charge in [0.2, 0.25) is 6.33 Å². The Bertz CT molecular complexity index is 871. The average Bonchev–Trinajstić information content (AvgIpc) is 3.16. The number of nitrogens with zero attached hydrogens (tertiary/aromatic N) is 4. The van der Waals surface area contributed by atoms with E-state index < -0.39 is 16.7 Å². The molecule has 3 rings (SSSR count). The fourth-order valence-electron chi connectivity index (χ4n) is 2.03. The second-order valence-electron chi connectivity index (χ2n) is 4.88. The normalized spacial score (nSPS) is 11.6. The maximum absolute atomic E-state index is 12.6. The van der Waals surface area contributed by atoms with Gasteiger partial charge in [-0.15, -0.1) is 11.3 Å². The number of thiazole rings is 1. The van der Waals surface area contributed by atoms with Gasteiger partial charge in [-0.1, -0.05) is 12.1 Å². The van der Waals surface area contributed by atoms with Crippen molar-refractivity contribution in [3.05, 3.63) is 63.5 Å². The molecule has 0 spiro atoms. The fourth-order valence-corrected chi connectivity index (χ4v) is 2.85. The molecule has 1 aromatic carbocycles. The van der Waals surface area contributed by atoms with Crippen molar-refractivity contribution in [3.8, 4) is 10.6 Å². The minimum atomic E-state index is -4.37. The lowest BCUT2D eigenvalue weighted by molar-refractivity contribution is -0.389. The van der Waals surface area contributed by atoms with E-state index in [2.05, 4.69) is 9.97 Å². The van der Waals surface area contributed by atoms with Crippen molar-refractivity contribution in [1.29, 1.82) is 0 Å². The van der Waals surface area contributed by atoms with E-state index >= 15 is 0 Å². The molecule has 24 heavy (non-hydrogen) atoms. The van der Waals surface area contributed by atoms with E-state index in [0.717, 1.165) is 12.1 Å². The molecule has 0 N–H and O–H groups in total. The molecule has 0 radical (unpaired) electrons. The first kappa shape index (κ1) is 16.1. The number of halogens is 3. The molecule has 2 aromatic heterocycles. The first-order valence-electron chi connectivity index (χ1n) is 6.61. The number of hydrogen-bond donors (Lipinski definition) is 0. The van der Waals surface area contributed by atoms with Crippen LogP contribution in [0.15, 0.2) is 42.2 Å². The van der Waals surface area contributed by atoms with Gasteiger partial charge >= 0.3 is 12.0 Å². The summed E-state index contributed by atoms with van der Waals surface area (Å²) in [5, 5.41) is 12.9. The largest absolute Gasteiger partial charge is 0.416 e. The Balaban J connectivity index is 1.76. The standard InChI is InChI=1S/C14H9F3N4O2S/c15-14(16,17)10-3-1-9(2-4-10)13-19-11(7-24-13)5-20-6-12(18-8-20)21(22)23/h1-4,6-8H,5H2. The van der Waals surface area contributed by atoms with Gasteiger partial charge in [0, 0.05) is 10.9 Å². The fraction of sp³-hybridized carbons (Fsp3) is 0.143. The molecule has 10 heteroatoms. The Hall–Kier alpha value is -2.75. The Morgan fingerprint density at radius 1 is 1.25 bits per heavy atom. The van der Waals surface area contributed by atoms with Crippen molar-refractivity contribution in [2.24, 2.45) is 0 Å². The van der Waals surface area contributed by atoms with Gasteiger partial charge in [-0.25, -0.2) is 4.98 Å². The van der Waals surface area contributed by atoms with Gasteiger partial charge in [0.1, 0.15) is 11.2 Å². The Labute approximate surface area is 137 Å². The molecule has 2 heterocycles. The molecular formula is C14H9F3N4O2S. The van der Waals surface area contributed by atoms with Gasteiger partial charge in [0.25, 0.3) is 0 Å². The third-order valence-corrected chi connectivity index (χ3v) is 4.10. The highest BCUT2D eigenvalue weighted by Crippen LogP contribution is 2.31. The number of benzene rings is 1. The third-order valence-electron chi connectivity index (χ3n) is 3.16. The number of aromatic nitrogens is 3. The number of imidazole rings is 1. The molecule has 0 aliphatic heterocycles. The Morgan fingerprint density at radius 3 is 2.54 bits per heavy atom. The van der Waals surface area contributed by atoms with Crippen LogP contribution in [0.25, 0.3) is 10.6 Å². The van der Waals surface area contributed by atoms with Gasteiger partial charge < -0.3 is 14.7 Å². The van der Waals surface area contributed by atoms with Crippen molar-refractivity contribution in [2.45, 2.75) is 12.7 Å². The highest BCUT2D eigenvalue weighted by atomic mass is 32.1. The summed E-state index contributed by atoms with van der Waals surface area (Å²) in [6.45, 7) is 0.290. The van der Waals surface area contributed by atoms with Crippen LogP contribution in [-0.4, -0.2) is 19.5 Å².